The van der Waals surface area contributed by atoms with Gasteiger partial charge in [-0.25, -0.2) is 0 Å². The molecular formula is C17H17ClN2O2S. The lowest BCUT2D eigenvalue weighted by molar-refractivity contribution is -0.0906. The van der Waals surface area contributed by atoms with E-state index in [9.17, 15) is 4.79 Å². The normalized spacial score (nSPS) is 19.6. The second-order valence-corrected chi connectivity index (χ2v) is 7.40. The third-order valence-corrected chi connectivity index (χ3v) is 6.07. The van der Waals surface area contributed by atoms with Crippen LogP contribution in [0.25, 0.3) is 0 Å². The van der Waals surface area contributed by atoms with E-state index in [4.69, 9.17) is 16.3 Å². The predicted molar refractivity (Wildman–Crippen MR) is 90.0 cm³/mol. The molecule has 1 fully saturated rings. The highest BCUT2D eigenvalue weighted by atomic mass is 35.5. The van der Waals surface area contributed by atoms with E-state index < -0.39 is 0 Å². The van der Waals surface area contributed by atoms with Gasteiger partial charge in [-0.05, 0) is 42.3 Å². The summed E-state index contributed by atoms with van der Waals surface area (Å²) in [5.74, 6) is -0.00272. The zero-order valence-electron chi connectivity index (χ0n) is 12.6. The lowest BCUT2D eigenvalue weighted by atomic mass is 9.85. The number of aromatic nitrogens is 1. The van der Waals surface area contributed by atoms with Gasteiger partial charge in [-0.1, -0.05) is 11.6 Å². The number of fused-ring (bicyclic) bond motifs is 2. The summed E-state index contributed by atoms with van der Waals surface area (Å²) in [6.07, 6.45) is 5.81. The summed E-state index contributed by atoms with van der Waals surface area (Å²) in [6.45, 7) is 2.17. The summed E-state index contributed by atoms with van der Waals surface area (Å²) in [6, 6.07) is 3.88. The zero-order valence-corrected chi connectivity index (χ0v) is 14.2. The Balaban J connectivity index is 1.51. The molecule has 23 heavy (non-hydrogen) atoms. The van der Waals surface area contributed by atoms with Crippen LogP contribution in [0.2, 0.25) is 5.02 Å². The number of thiophene rings is 1. The first-order valence-electron chi connectivity index (χ1n) is 7.79. The van der Waals surface area contributed by atoms with Gasteiger partial charge in [0.25, 0.3) is 5.91 Å². The molecule has 0 unspecified atom stereocenters. The van der Waals surface area contributed by atoms with Crippen molar-refractivity contribution in [2.24, 2.45) is 0 Å². The van der Waals surface area contributed by atoms with Crippen molar-refractivity contribution in [2.45, 2.75) is 24.9 Å². The maximum atomic E-state index is 12.6. The van der Waals surface area contributed by atoms with Crippen LogP contribution in [0.1, 0.15) is 33.6 Å². The molecule has 1 spiro atoms. The summed E-state index contributed by atoms with van der Waals surface area (Å²) in [5, 5.41) is 2.64. The van der Waals surface area contributed by atoms with E-state index in [1.54, 1.807) is 23.6 Å². The number of carbonyl (C=O) groups is 1. The fourth-order valence-corrected chi connectivity index (χ4v) is 4.85. The van der Waals surface area contributed by atoms with Crippen molar-refractivity contribution in [2.75, 3.05) is 19.7 Å². The van der Waals surface area contributed by atoms with Crippen molar-refractivity contribution in [1.29, 1.82) is 0 Å². The molecule has 0 aliphatic carbocycles. The van der Waals surface area contributed by atoms with Gasteiger partial charge in [0.2, 0.25) is 0 Å². The molecule has 0 N–H and O–H groups in total. The second-order valence-electron chi connectivity index (χ2n) is 6.05. The molecule has 6 heteroatoms. The molecule has 2 aromatic heterocycles. The van der Waals surface area contributed by atoms with Crippen LogP contribution >= 0.6 is 22.9 Å². The van der Waals surface area contributed by atoms with Crippen molar-refractivity contribution < 1.29 is 9.53 Å². The maximum absolute atomic E-state index is 12.6. The van der Waals surface area contributed by atoms with Crippen molar-refractivity contribution in [3.05, 3.63) is 50.9 Å². The number of carbonyl (C=O) groups excluding carboxylic acids is 1. The first-order chi connectivity index (χ1) is 11.2. The Morgan fingerprint density at radius 2 is 2.17 bits per heavy atom. The van der Waals surface area contributed by atoms with E-state index in [-0.39, 0.29) is 11.5 Å². The molecule has 4 heterocycles. The van der Waals surface area contributed by atoms with Gasteiger partial charge in [0.15, 0.2) is 0 Å². The number of amides is 1. The third kappa shape index (κ3) is 2.67. The van der Waals surface area contributed by atoms with E-state index in [0.717, 1.165) is 25.9 Å². The quantitative estimate of drug-likeness (QED) is 0.792. The molecule has 0 bridgehead atoms. The minimum atomic E-state index is -0.189. The lowest BCUT2D eigenvalue weighted by Gasteiger charge is -2.43. The maximum Gasteiger partial charge on any atom is 0.255 e. The van der Waals surface area contributed by atoms with Crippen LogP contribution in [0.3, 0.4) is 0 Å². The van der Waals surface area contributed by atoms with Crippen LogP contribution < -0.4 is 0 Å². The molecule has 0 aromatic carbocycles. The molecule has 0 atom stereocenters. The molecule has 0 saturated carbocycles. The topological polar surface area (TPSA) is 42.4 Å². The highest BCUT2D eigenvalue weighted by Crippen LogP contribution is 2.44. The Hall–Kier alpha value is -1.43. The van der Waals surface area contributed by atoms with E-state index in [1.807, 2.05) is 4.90 Å². The largest absolute Gasteiger partial charge is 0.369 e. The number of hydrogen-bond acceptors (Lipinski definition) is 4. The lowest BCUT2D eigenvalue weighted by Crippen LogP contribution is -2.47. The van der Waals surface area contributed by atoms with Crippen LogP contribution in [0, 0.1) is 0 Å². The zero-order chi connectivity index (χ0) is 15.9. The fourth-order valence-electron chi connectivity index (χ4n) is 3.51. The number of hydrogen-bond donors (Lipinski definition) is 0. The monoisotopic (exact) mass is 348 g/mol. The smallest absolute Gasteiger partial charge is 0.255 e. The van der Waals surface area contributed by atoms with Crippen molar-refractivity contribution in [3.8, 4) is 0 Å². The SMILES string of the molecule is O=C(c1cncc(Cl)c1)N1CCC2(CC1)OCCc1ccsc12. The standard InChI is InChI=1S/C17H17ClN2O2S/c18-14-9-13(10-19-11-14)16(21)20-5-3-17(4-6-20)15-12(1-7-22-17)2-8-23-15/h2,8-11H,1,3-7H2. The van der Waals surface area contributed by atoms with Crippen LogP contribution in [-0.4, -0.2) is 35.5 Å². The third-order valence-electron chi connectivity index (χ3n) is 4.72. The number of pyridine rings is 1. The van der Waals surface area contributed by atoms with Crippen LogP contribution in [0.5, 0.6) is 0 Å². The van der Waals surface area contributed by atoms with Gasteiger partial charge in [0.05, 0.1) is 17.2 Å². The summed E-state index contributed by atoms with van der Waals surface area (Å²) in [7, 11) is 0. The van der Waals surface area contributed by atoms with Gasteiger partial charge in [-0.3, -0.25) is 9.78 Å². The molecule has 0 radical (unpaired) electrons. The number of likely N-dealkylation sites (tertiary alicyclic amines) is 1. The van der Waals surface area contributed by atoms with Crippen molar-refractivity contribution in [1.82, 2.24) is 9.88 Å². The van der Waals surface area contributed by atoms with E-state index >= 15 is 0 Å². The number of rotatable bonds is 1. The predicted octanol–water partition coefficient (Wildman–Crippen LogP) is 3.50. The minimum Gasteiger partial charge on any atom is -0.369 e. The molecule has 2 aliphatic heterocycles. The molecule has 2 aliphatic rings. The Morgan fingerprint density at radius 1 is 1.35 bits per heavy atom. The van der Waals surface area contributed by atoms with Crippen molar-refractivity contribution >= 4 is 28.8 Å². The Morgan fingerprint density at radius 3 is 2.96 bits per heavy atom. The second kappa shape index (κ2) is 5.89. The molecule has 120 valence electrons. The molecule has 4 nitrogen and oxygen atoms in total. The molecule has 2 aromatic rings. The highest BCUT2D eigenvalue weighted by Gasteiger charge is 2.42. The number of piperidine rings is 1. The summed E-state index contributed by atoms with van der Waals surface area (Å²) in [4.78, 5) is 19.9. The summed E-state index contributed by atoms with van der Waals surface area (Å²) in [5.41, 5.74) is 1.78. The molecule has 4 rings (SSSR count). The minimum absolute atomic E-state index is 0.00272. The van der Waals surface area contributed by atoms with Gasteiger partial charge < -0.3 is 9.64 Å². The van der Waals surface area contributed by atoms with Gasteiger partial charge >= 0.3 is 0 Å². The molecule has 1 saturated heterocycles. The Bertz CT molecular complexity index is 738. The average molecular weight is 349 g/mol. The first-order valence-corrected chi connectivity index (χ1v) is 9.04. The first kappa shape index (κ1) is 15.1. The Labute approximate surface area is 144 Å². The van der Waals surface area contributed by atoms with Gasteiger partial charge in [-0.2, -0.15) is 0 Å². The molecule has 1 amide bonds. The van der Waals surface area contributed by atoms with E-state index in [0.29, 0.717) is 23.7 Å². The van der Waals surface area contributed by atoms with Gasteiger partial charge in [0.1, 0.15) is 5.60 Å². The number of nitrogens with zero attached hydrogens (tertiary/aromatic N) is 2. The van der Waals surface area contributed by atoms with Crippen LogP contribution in [0.4, 0.5) is 0 Å². The van der Waals surface area contributed by atoms with Crippen molar-refractivity contribution in [3.63, 3.8) is 0 Å². The summed E-state index contributed by atoms with van der Waals surface area (Å²) < 4.78 is 6.18. The number of halogens is 1. The van der Waals surface area contributed by atoms with Crippen LogP contribution in [0.15, 0.2) is 29.9 Å². The summed E-state index contributed by atoms with van der Waals surface area (Å²) >= 11 is 7.72. The van der Waals surface area contributed by atoms with Gasteiger partial charge in [-0.15, -0.1) is 11.3 Å². The number of ether oxygens (including phenoxy) is 1. The van der Waals surface area contributed by atoms with E-state index in [2.05, 4.69) is 16.4 Å². The van der Waals surface area contributed by atoms with E-state index in [1.165, 1.54) is 16.6 Å². The van der Waals surface area contributed by atoms with Gasteiger partial charge in [0, 0.05) is 30.4 Å². The van der Waals surface area contributed by atoms with Crippen LogP contribution in [-0.2, 0) is 16.8 Å². The highest BCUT2D eigenvalue weighted by molar-refractivity contribution is 7.10. The Kier molecular flexibility index (Phi) is 3.87. The average Bonchev–Trinajstić information content (AvgIpc) is 3.05. The molecular weight excluding hydrogens is 332 g/mol. The fraction of sp³-hybridized carbons (Fsp3) is 0.412.